The number of unbranched alkanes of at least 4 members (excludes halogenated alkanes) is 1. The molecular formula is C31H43FN8O3. The van der Waals surface area contributed by atoms with Gasteiger partial charge in [-0.15, -0.1) is 0 Å². The van der Waals surface area contributed by atoms with Crippen molar-refractivity contribution in [3.05, 3.63) is 54.0 Å². The number of anilines is 3. The van der Waals surface area contributed by atoms with E-state index < -0.39 is 6.04 Å². The van der Waals surface area contributed by atoms with Crippen molar-refractivity contribution in [3.63, 3.8) is 0 Å². The molecule has 0 saturated carbocycles. The van der Waals surface area contributed by atoms with Crippen LogP contribution in [0.2, 0.25) is 0 Å². The highest BCUT2D eigenvalue weighted by molar-refractivity contribution is 5.92. The molecule has 1 aromatic heterocycles. The number of carbonyl (C=O) groups is 2. The van der Waals surface area contributed by atoms with Crippen LogP contribution in [0.1, 0.15) is 25.3 Å². The lowest BCUT2D eigenvalue weighted by Gasteiger charge is -2.26. The maximum atomic E-state index is 13.6. The van der Waals surface area contributed by atoms with Gasteiger partial charge in [0.15, 0.2) is 0 Å². The summed E-state index contributed by atoms with van der Waals surface area (Å²) >= 11 is 0. The topological polar surface area (TPSA) is 115 Å². The maximum absolute atomic E-state index is 13.6. The molecule has 2 aromatic rings. The van der Waals surface area contributed by atoms with Gasteiger partial charge in [-0.05, 0) is 45.6 Å². The van der Waals surface area contributed by atoms with Gasteiger partial charge in [-0.2, -0.15) is 4.98 Å². The van der Waals surface area contributed by atoms with Gasteiger partial charge in [0, 0.05) is 64.5 Å². The third kappa shape index (κ3) is 12.0. The standard InChI is InChI=1S/C31H43FN8O3/c1-24(39(4)28(41)13-9-16-38(2)3)30(42)34-14-7-5-6-10-25-23-35-31(36-27-12-8-11-26(32)22-27)37-29(25)33-15-17-40-18-20-43-21-19-40/h8-9,11-13,22-24H,5,7,14-21H2,1-4H3,(H,34,42)(H2,33,35,36,37)/t24-/m0/s1. The van der Waals surface area contributed by atoms with E-state index in [4.69, 9.17) is 4.74 Å². The van der Waals surface area contributed by atoms with E-state index >= 15 is 0 Å². The lowest BCUT2D eigenvalue weighted by Crippen LogP contribution is -2.45. The summed E-state index contributed by atoms with van der Waals surface area (Å²) in [6.07, 6.45) is 6.09. The number of hydrogen-bond acceptors (Lipinski definition) is 9. The number of ether oxygens (including phenoxy) is 1. The molecule has 1 fully saturated rings. The van der Waals surface area contributed by atoms with Crippen molar-refractivity contribution >= 4 is 29.3 Å². The monoisotopic (exact) mass is 594 g/mol. The molecule has 232 valence electrons. The van der Waals surface area contributed by atoms with Gasteiger partial charge in [-0.1, -0.05) is 24.0 Å². The van der Waals surface area contributed by atoms with Crippen LogP contribution in [-0.2, 0) is 14.3 Å². The quantitative estimate of drug-likeness (QED) is 0.172. The summed E-state index contributed by atoms with van der Waals surface area (Å²) in [6.45, 7) is 7.52. The third-order valence-electron chi connectivity index (χ3n) is 6.73. The van der Waals surface area contributed by atoms with E-state index in [1.54, 1.807) is 38.4 Å². The molecule has 3 rings (SSSR count). The van der Waals surface area contributed by atoms with Crippen LogP contribution < -0.4 is 16.0 Å². The van der Waals surface area contributed by atoms with Crippen LogP contribution in [0.15, 0.2) is 42.6 Å². The van der Waals surface area contributed by atoms with Gasteiger partial charge >= 0.3 is 0 Å². The lowest BCUT2D eigenvalue weighted by molar-refractivity contribution is -0.135. The minimum Gasteiger partial charge on any atom is -0.379 e. The molecule has 0 unspecified atom stereocenters. The first-order valence-corrected chi connectivity index (χ1v) is 14.5. The second kappa shape index (κ2) is 17.8. The van der Waals surface area contributed by atoms with Crippen LogP contribution in [0.25, 0.3) is 0 Å². The molecule has 0 bridgehead atoms. The van der Waals surface area contributed by atoms with Crippen molar-refractivity contribution in [1.82, 2.24) is 30.0 Å². The van der Waals surface area contributed by atoms with Crippen molar-refractivity contribution < 1.29 is 18.7 Å². The Kier molecular flexibility index (Phi) is 13.8. The molecule has 0 aliphatic carbocycles. The zero-order valence-corrected chi connectivity index (χ0v) is 25.5. The fourth-order valence-electron chi connectivity index (χ4n) is 4.06. The molecule has 1 saturated heterocycles. The van der Waals surface area contributed by atoms with E-state index in [1.807, 2.05) is 19.0 Å². The molecule has 1 atom stereocenters. The van der Waals surface area contributed by atoms with Gasteiger partial charge in [0.2, 0.25) is 17.8 Å². The molecule has 1 aromatic carbocycles. The Morgan fingerprint density at radius 2 is 2.00 bits per heavy atom. The van der Waals surface area contributed by atoms with E-state index in [9.17, 15) is 14.0 Å². The Bertz CT molecular complexity index is 1290. The minimum atomic E-state index is -0.592. The smallest absolute Gasteiger partial charge is 0.246 e. The van der Waals surface area contributed by atoms with Crippen LogP contribution in [0, 0.1) is 17.7 Å². The zero-order chi connectivity index (χ0) is 31.0. The molecule has 2 amide bonds. The van der Waals surface area contributed by atoms with Crippen LogP contribution in [0.4, 0.5) is 21.8 Å². The van der Waals surface area contributed by atoms with E-state index in [-0.39, 0.29) is 17.6 Å². The lowest BCUT2D eigenvalue weighted by atomic mass is 10.2. The van der Waals surface area contributed by atoms with Crippen LogP contribution in [-0.4, -0.2) is 116 Å². The number of likely N-dealkylation sites (N-methyl/N-ethyl adjacent to an activating group) is 2. The predicted molar refractivity (Wildman–Crippen MR) is 167 cm³/mol. The number of benzene rings is 1. The van der Waals surface area contributed by atoms with Gasteiger partial charge in [-0.3, -0.25) is 14.5 Å². The van der Waals surface area contributed by atoms with Gasteiger partial charge in [0.1, 0.15) is 17.7 Å². The third-order valence-corrected chi connectivity index (χ3v) is 6.73. The largest absolute Gasteiger partial charge is 0.379 e. The van der Waals surface area contributed by atoms with Crippen molar-refractivity contribution in [2.24, 2.45) is 0 Å². The Labute approximate surface area is 253 Å². The van der Waals surface area contributed by atoms with Crippen molar-refractivity contribution in [1.29, 1.82) is 0 Å². The van der Waals surface area contributed by atoms with Crippen LogP contribution in [0.5, 0.6) is 0 Å². The first kappa shape index (κ1) is 33.5. The average molecular weight is 595 g/mol. The molecule has 3 N–H and O–H groups in total. The molecular weight excluding hydrogens is 551 g/mol. The van der Waals surface area contributed by atoms with Crippen molar-refractivity contribution in [2.75, 3.05) is 84.3 Å². The fourth-order valence-corrected chi connectivity index (χ4v) is 4.06. The zero-order valence-electron chi connectivity index (χ0n) is 25.5. The van der Waals surface area contributed by atoms with E-state index in [2.05, 4.69) is 42.7 Å². The number of carbonyl (C=O) groups excluding carboxylic acids is 2. The number of rotatable bonds is 14. The highest BCUT2D eigenvalue weighted by Crippen LogP contribution is 2.18. The van der Waals surface area contributed by atoms with Crippen LogP contribution >= 0.6 is 0 Å². The fraction of sp³-hybridized carbons (Fsp3) is 0.484. The molecule has 2 heterocycles. The summed E-state index contributed by atoms with van der Waals surface area (Å²) in [4.78, 5) is 39.5. The number of nitrogens with one attached hydrogen (secondary N) is 3. The van der Waals surface area contributed by atoms with Crippen molar-refractivity contribution in [2.45, 2.75) is 25.8 Å². The van der Waals surface area contributed by atoms with Gasteiger partial charge in [0.25, 0.3) is 0 Å². The Balaban J connectivity index is 1.53. The number of hydrogen-bond donors (Lipinski definition) is 3. The predicted octanol–water partition coefficient (Wildman–Crippen LogP) is 2.32. The second-order valence-corrected chi connectivity index (χ2v) is 10.5. The minimum absolute atomic E-state index is 0.216. The van der Waals surface area contributed by atoms with E-state index in [1.165, 1.54) is 23.1 Å². The van der Waals surface area contributed by atoms with E-state index in [0.29, 0.717) is 55.5 Å². The number of amides is 2. The van der Waals surface area contributed by atoms with Gasteiger partial charge in [-0.25, -0.2) is 9.37 Å². The normalized spacial score (nSPS) is 14.2. The summed E-state index contributed by atoms with van der Waals surface area (Å²) < 4.78 is 19.1. The molecule has 12 heteroatoms. The van der Waals surface area contributed by atoms with Crippen LogP contribution in [0.3, 0.4) is 0 Å². The molecule has 1 aliphatic heterocycles. The Morgan fingerprint density at radius 1 is 1.21 bits per heavy atom. The van der Waals surface area contributed by atoms with Crippen molar-refractivity contribution in [3.8, 4) is 11.8 Å². The highest BCUT2D eigenvalue weighted by atomic mass is 19.1. The SMILES string of the molecule is C[C@@H](C(=O)NCCCC#Cc1cnc(Nc2cccc(F)c2)nc1NCCN1CCOCC1)N(C)C(=O)C=CCN(C)C. The molecule has 43 heavy (non-hydrogen) atoms. The van der Waals surface area contributed by atoms with E-state index in [0.717, 1.165) is 32.8 Å². The number of nitrogens with zero attached hydrogens (tertiary/aromatic N) is 5. The highest BCUT2D eigenvalue weighted by Gasteiger charge is 2.20. The Hall–Kier alpha value is -4.05. The maximum Gasteiger partial charge on any atom is 0.246 e. The molecule has 0 spiro atoms. The number of morpholine rings is 1. The van der Waals surface area contributed by atoms with Gasteiger partial charge in [0.05, 0.1) is 25.0 Å². The summed E-state index contributed by atoms with van der Waals surface area (Å²) in [5, 5.41) is 9.28. The van der Waals surface area contributed by atoms with Gasteiger partial charge < -0.3 is 30.5 Å². The summed E-state index contributed by atoms with van der Waals surface area (Å²) in [6, 6.07) is 5.52. The molecule has 11 nitrogen and oxygen atoms in total. The number of aromatic nitrogens is 2. The molecule has 1 aliphatic rings. The average Bonchev–Trinajstić information content (AvgIpc) is 2.99. The molecule has 0 radical (unpaired) electrons. The summed E-state index contributed by atoms with van der Waals surface area (Å²) in [7, 11) is 5.45. The Morgan fingerprint density at radius 3 is 2.74 bits per heavy atom. The first-order chi connectivity index (χ1) is 20.7. The second-order valence-electron chi connectivity index (χ2n) is 10.5. The first-order valence-electron chi connectivity index (χ1n) is 14.5. The summed E-state index contributed by atoms with van der Waals surface area (Å²) in [5.41, 5.74) is 1.19. The summed E-state index contributed by atoms with van der Waals surface area (Å²) in [5.74, 6) is 6.41. The number of halogens is 1.